The standard InChI is InChI=1S/C11H13NO4S/c1-2-16-11(13)7-5-12-9-3-4-15-6-8(9)10(7)17-14/h5,14H,2-4,6H2,1H3. The molecule has 5 nitrogen and oxygen atoms in total. The molecule has 1 aliphatic rings. The van der Waals surface area contributed by atoms with Gasteiger partial charge in [0.2, 0.25) is 0 Å². The molecule has 17 heavy (non-hydrogen) atoms. The number of hydrogen-bond acceptors (Lipinski definition) is 6. The second-order valence-corrected chi connectivity index (χ2v) is 4.13. The largest absolute Gasteiger partial charge is 0.462 e. The minimum absolute atomic E-state index is 0.294. The molecule has 0 aromatic carbocycles. The summed E-state index contributed by atoms with van der Waals surface area (Å²) >= 11 is 0.543. The fourth-order valence-electron chi connectivity index (χ4n) is 1.74. The van der Waals surface area contributed by atoms with Crippen LogP contribution in [0.4, 0.5) is 0 Å². The lowest BCUT2D eigenvalue weighted by Crippen LogP contribution is -2.16. The lowest BCUT2D eigenvalue weighted by molar-refractivity contribution is 0.0519. The van der Waals surface area contributed by atoms with E-state index in [1.54, 1.807) is 6.92 Å². The fraction of sp³-hybridized carbons (Fsp3) is 0.455. The van der Waals surface area contributed by atoms with Crippen molar-refractivity contribution in [2.24, 2.45) is 0 Å². The monoisotopic (exact) mass is 255 g/mol. The molecular weight excluding hydrogens is 242 g/mol. The van der Waals surface area contributed by atoms with Crippen LogP contribution >= 0.6 is 12.0 Å². The van der Waals surface area contributed by atoms with E-state index in [2.05, 4.69) is 4.98 Å². The van der Waals surface area contributed by atoms with Gasteiger partial charge in [-0.15, -0.1) is 0 Å². The highest BCUT2D eigenvalue weighted by Gasteiger charge is 2.22. The molecule has 1 aliphatic heterocycles. The Bertz CT molecular complexity index is 436. The van der Waals surface area contributed by atoms with Crippen LogP contribution in [0.15, 0.2) is 11.1 Å². The Morgan fingerprint density at radius 3 is 3.24 bits per heavy atom. The van der Waals surface area contributed by atoms with Crippen molar-refractivity contribution in [3.05, 3.63) is 23.0 Å². The minimum atomic E-state index is -0.468. The second kappa shape index (κ2) is 5.48. The van der Waals surface area contributed by atoms with Crippen molar-refractivity contribution in [2.45, 2.75) is 24.8 Å². The SMILES string of the molecule is CCOC(=O)c1cnc2c(c1SO)COCC2. The Hall–Kier alpha value is -1.11. The maximum atomic E-state index is 11.7. The first-order chi connectivity index (χ1) is 8.27. The number of carbonyl (C=O) groups excluding carboxylic acids is 1. The number of nitrogens with zero attached hydrogens (tertiary/aromatic N) is 1. The Morgan fingerprint density at radius 1 is 1.71 bits per heavy atom. The first kappa shape index (κ1) is 12.3. The van der Waals surface area contributed by atoms with E-state index in [1.807, 2.05) is 0 Å². The predicted octanol–water partition coefficient (Wildman–Crippen LogP) is 1.90. The third-order valence-corrected chi connectivity index (χ3v) is 3.18. The van der Waals surface area contributed by atoms with Crippen molar-refractivity contribution in [3.63, 3.8) is 0 Å². The van der Waals surface area contributed by atoms with E-state index in [4.69, 9.17) is 9.47 Å². The van der Waals surface area contributed by atoms with Gasteiger partial charge in [0.05, 0.1) is 30.3 Å². The normalized spacial score (nSPS) is 14.2. The zero-order valence-corrected chi connectivity index (χ0v) is 10.2. The van der Waals surface area contributed by atoms with Gasteiger partial charge in [-0.1, -0.05) is 0 Å². The zero-order valence-electron chi connectivity index (χ0n) is 9.43. The zero-order chi connectivity index (χ0) is 12.3. The van der Waals surface area contributed by atoms with Gasteiger partial charge < -0.3 is 14.0 Å². The quantitative estimate of drug-likeness (QED) is 0.657. The molecule has 1 aromatic rings. The van der Waals surface area contributed by atoms with Crippen LogP contribution in [0.25, 0.3) is 0 Å². The molecule has 0 saturated heterocycles. The van der Waals surface area contributed by atoms with Crippen LogP contribution in [0.3, 0.4) is 0 Å². The average Bonchev–Trinajstić information content (AvgIpc) is 2.37. The van der Waals surface area contributed by atoms with E-state index < -0.39 is 5.97 Å². The minimum Gasteiger partial charge on any atom is -0.462 e. The molecular formula is C11H13NO4S. The molecule has 0 fully saturated rings. The molecule has 1 aromatic heterocycles. The molecule has 2 rings (SSSR count). The van der Waals surface area contributed by atoms with Gasteiger partial charge in [-0.25, -0.2) is 4.79 Å². The lowest BCUT2D eigenvalue weighted by atomic mass is 10.1. The molecule has 1 N–H and O–H groups in total. The van der Waals surface area contributed by atoms with Crippen LogP contribution in [-0.4, -0.2) is 28.7 Å². The Balaban J connectivity index is 2.43. The van der Waals surface area contributed by atoms with Gasteiger partial charge in [0.1, 0.15) is 0 Å². The van der Waals surface area contributed by atoms with Crippen LogP contribution in [-0.2, 0) is 22.5 Å². The topological polar surface area (TPSA) is 68.7 Å². The summed E-state index contributed by atoms with van der Waals surface area (Å²) in [6, 6.07) is 0. The van der Waals surface area contributed by atoms with Gasteiger partial charge in [0, 0.05) is 35.9 Å². The summed E-state index contributed by atoms with van der Waals surface area (Å²) in [4.78, 5) is 16.4. The third-order valence-electron chi connectivity index (χ3n) is 2.53. The van der Waals surface area contributed by atoms with Crippen molar-refractivity contribution in [3.8, 4) is 0 Å². The molecule has 0 unspecified atom stereocenters. The number of ether oxygens (including phenoxy) is 2. The van der Waals surface area contributed by atoms with E-state index in [9.17, 15) is 9.35 Å². The van der Waals surface area contributed by atoms with E-state index in [0.29, 0.717) is 48.7 Å². The van der Waals surface area contributed by atoms with Crippen molar-refractivity contribution in [1.82, 2.24) is 4.98 Å². The summed E-state index contributed by atoms with van der Waals surface area (Å²) in [7, 11) is 0. The van der Waals surface area contributed by atoms with Gasteiger partial charge in [-0.2, -0.15) is 0 Å². The van der Waals surface area contributed by atoms with E-state index in [-0.39, 0.29) is 0 Å². The van der Waals surface area contributed by atoms with Gasteiger partial charge in [0.25, 0.3) is 0 Å². The summed E-state index contributed by atoms with van der Waals surface area (Å²) < 4.78 is 19.6. The van der Waals surface area contributed by atoms with E-state index >= 15 is 0 Å². The van der Waals surface area contributed by atoms with Crippen LogP contribution in [0.2, 0.25) is 0 Å². The van der Waals surface area contributed by atoms with Crippen LogP contribution < -0.4 is 0 Å². The van der Waals surface area contributed by atoms with Gasteiger partial charge in [-0.05, 0) is 6.92 Å². The first-order valence-corrected chi connectivity index (χ1v) is 6.12. The highest BCUT2D eigenvalue weighted by atomic mass is 32.2. The number of esters is 1. The molecule has 0 aliphatic carbocycles. The number of aromatic nitrogens is 1. The van der Waals surface area contributed by atoms with E-state index in [1.165, 1.54) is 6.20 Å². The Kier molecular flexibility index (Phi) is 3.98. The Morgan fingerprint density at radius 2 is 2.53 bits per heavy atom. The number of fused-ring (bicyclic) bond motifs is 1. The fourth-order valence-corrected chi connectivity index (χ4v) is 2.26. The van der Waals surface area contributed by atoms with Crippen LogP contribution in [0.5, 0.6) is 0 Å². The summed E-state index contributed by atoms with van der Waals surface area (Å²) in [6.07, 6.45) is 2.16. The highest BCUT2D eigenvalue weighted by Crippen LogP contribution is 2.29. The summed E-state index contributed by atoms with van der Waals surface area (Å²) in [5.74, 6) is -0.468. The summed E-state index contributed by atoms with van der Waals surface area (Å²) in [5, 5.41) is 0. The van der Waals surface area contributed by atoms with Crippen molar-refractivity contribution >= 4 is 18.0 Å². The van der Waals surface area contributed by atoms with Gasteiger partial charge >= 0.3 is 5.97 Å². The molecule has 2 heterocycles. The Labute approximate surface area is 103 Å². The number of pyridine rings is 1. The molecule has 0 spiro atoms. The first-order valence-electron chi connectivity index (χ1n) is 5.35. The summed E-state index contributed by atoms with van der Waals surface area (Å²) in [5.41, 5.74) is 1.96. The smallest absolute Gasteiger partial charge is 0.340 e. The van der Waals surface area contributed by atoms with Crippen molar-refractivity contribution in [2.75, 3.05) is 13.2 Å². The second-order valence-electron chi connectivity index (χ2n) is 3.54. The summed E-state index contributed by atoms with van der Waals surface area (Å²) in [6.45, 7) is 3.02. The van der Waals surface area contributed by atoms with Gasteiger partial charge in [-0.3, -0.25) is 4.98 Å². The van der Waals surface area contributed by atoms with Crippen molar-refractivity contribution in [1.29, 1.82) is 0 Å². The van der Waals surface area contributed by atoms with Crippen LogP contribution in [0.1, 0.15) is 28.5 Å². The number of carbonyl (C=O) groups is 1. The highest BCUT2D eigenvalue weighted by molar-refractivity contribution is 7.93. The lowest BCUT2D eigenvalue weighted by Gasteiger charge is -2.19. The molecule has 92 valence electrons. The molecule has 0 saturated carbocycles. The molecule has 0 radical (unpaired) electrons. The van der Waals surface area contributed by atoms with Crippen molar-refractivity contribution < 1.29 is 18.8 Å². The molecule has 0 bridgehead atoms. The van der Waals surface area contributed by atoms with Crippen LogP contribution in [0, 0.1) is 0 Å². The third kappa shape index (κ3) is 2.43. The number of rotatable bonds is 3. The molecule has 0 atom stereocenters. The molecule has 6 heteroatoms. The average molecular weight is 255 g/mol. The molecule has 0 amide bonds. The van der Waals surface area contributed by atoms with Gasteiger partial charge in [0.15, 0.2) is 0 Å². The maximum absolute atomic E-state index is 11.7. The predicted molar refractivity (Wildman–Crippen MR) is 62.0 cm³/mol. The van der Waals surface area contributed by atoms with E-state index in [0.717, 1.165) is 11.3 Å². The number of hydrogen-bond donors (Lipinski definition) is 1. The maximum Gasteiger partial charge on any atom is 0.340 e.